The molecule has 7 heteroatoms. The Labute approximate surface area is 136 Å². The summed E-state index contributed by atoms with van der Waals surface area (Å²) in [6.45, 7) is 4.97. The topological polar surface area (TPSA) is 56.8 Å². The van der Waals surface area contributed by atoms with Crippen LogP contribution >= 0.6 is 34.2 Å². The molecule has 1 saturated heterocycles. The quantitative estimate of drug-likeness (QED) is 0.757. The zero-order chi connectivity index (χ0) is 14.1. The van der Waals surface area contributed by atoms with E-state index in [9.17, 15) is 0 Å². The minimum Gasteiger partial charge on any atom is -0.337 e. The molecular formula is C13H15ClIN5. The van der Waals surface area contributed by atoms with E-state index in [0.29, 0.717) is 6.04 Å². The van der Waals surface area contributed by atoms with Crippen molar-refractivity contribution in [2.75, 3.05) is 24.5 Å². The molecule has 3 rings (SSSR count). The van der Waals surface area contributed by atoms with E-state index in [1.54, 1.807) is 0 Å². The van der Waals surface area contributed by atoms with Gasteiger partial charge in [0, 0.05) is 34.8 Å². The summed E-state index contributed by atoms with van der Waals surface area (Å²) in [5.74, 6) is 1.51. The van der Waals surface area contributed by atoms with Gasteiger partial charge in [0.25, 0.3) is 0 Å². The molecule has 0 radical (unpaired) electrons. The summed E-state index contributed by atoms with van der Waals surface area (Å²) in [7, 11) is 0. The van der Waals surface area contributed by atoms with Crippen LogP contribution in [0.5, 0.6) is 0 Å². The molecule has 0 bridgehead atoms. The van der Waals surface area contributed by atoms with Gasteiger partial charge >= 0.3 is 0 Å². The van der Waals surface area contributed by atoms with Gasteiger partial charge in [0.1, 0.15) is 0 Å². The number of hydrogen-bond acceptors (Lipinski definition) is 4. The van der Waals surface area contributed by atoms with Crippen molar-refractivity contribution in [2.24, 2.45) is 0 Å². The second kappa shape index (κ2) is 5.87. The highest BCUT2D eigenvalue weighted by Gasteiger charge is 2.19. The highest BCUT2D eigenvalue weighted by atomic mass is 127. The number of halogens is 2. The predicted molar refractivity (Wildman–Crippen MR) is 89.2 cm³/mol. The Kier molecular flexibility index (Phi) is 4.13. The molecule has 5 nitrogen and oxygen atoms in total. The van der Waals surface area contributed by atoms with E-state index in [4.69, 9.17) is 11.6 Å². The molecule has 1 aliphatic rings. The maximum absolute atomic E-state index is 6.15. The summed E-state index contributed by atoms with van der Waals surface area (Å²) in [6.07, 6.45) is 0. The molecule has 1 fully saturated rings. The summed E-state index contributed by atoms with van der Waals surface area (Å²) in [5.41, 5.74) is 0.956. The Hall–Kier alpha value is -0.860. The molecule has 2 N–H and O–H groups in total. The van der Waals surface area contributed by atoms with Crippen molar-refractivity contribution in [3.63, 3.8) is 0 Å². The van der Waals surface area contributed by atoms with Crippen molar-refractivity contribution in [1.82, 2.24) is 20.5 Å². The first kappa shape index (κ1) is 14.1. The molecule has 1 aromatic heterocycles. The lowest BCUT2D eigenvalue weighted by Gasteiger charge is -2.30. The number of aromatic amines is 1. The van der Waals surface area contributed by atoms with Crippen LogP contribution in [0.2, 0.25) is 5.02 Å². The largest absolute Gasteiger partial charge is 0.337 e. The van der Waals surface area contributed by atoms with Crippen LogP contribution in [0.15, 0.2) is 18.2 Å². The highest BCUT2D eigenvalue weighted by molar-refractivity contribution is 14.1. The summed E-state index contributed by atoms with van der Waals surface area (Å²) in [6, 6.07) is 6.35. The summed E-state index contributed by atoms with van der Waals surface area (Å²) >= 11 is 8.36. The third kappa shape index (κ3) is 2.91. The molecule has 1 aliphatic heterocycles. The first-order valence-corrected chi connectivity index (χ1v) is 7.95. The Morgan fingerprint density at radius 2 is 2.30 bits per heavy atom. The monoisotopic (exact) mass is 403 g/mol. The van der Waals surface area contributed by atoms with E-state index in [2.05, 4.69) is 54.9 Å². The number of benzene rings is 1. The molecule has 0 unspecified atom stereocenters. The van der Waals surface area contributed by atoms with Crippen LogP contribution in [0, 0.1) is 3.57 Å². The predicted octanol–water partition coefficient (Wildman–Crippen LogP) is 2.53. The van der Waals surface area contributed by atoms with Crippen molar-refractivity contribution < 1.29 is 0 Å². The van der Waals surface area contributed by atoms with Crippen LogP contribution < -0.4 is 10.2 Å². The Morgan fingerprint density at radius 3 is 3.05 bits per heavy atom. The molecule has 1 atom stereocenters. The molecule has 2 aromatic rings. The van der Waals surface area contributed by atoms with Crippen LogP contribution in [0.4, 0.5) is 5.95 Å². The fourth-order valence-corrected chi connectivity index (χ4v) is 2.80. The third-order valence-corrected chi connectivity index (χ3v) is 4.89. The molecule has 0 aliphatic carbocycles. The van der Waals surface area contributed by atoms with Gasteiger partial charge in [0.05, 0.1) is 5.02 Å². The lowest BCUT2D eigenvalue weighted by atomic mass is 10.2. The molecule has 2 heterocycles. The third-order valence-electron chi connectivity index (χ3n) is 3.32. The van der Waals surface area contributed by atoms with Crippen LogP contribution in [0.1, 0.15) is 6.92 Å². The number of hydrogen-bond donors (Lipinski definition) is 2. The molecule has 0 amide bonds. The van der Waals surface area contributed by atoms with Crippen molar-refractivity contribution in [3.8, 4) is 11.4 Å². The fourth-order valence-electron chi connectivity index (χ4n) is 2.28. The van der Waals surface area contributed by atoms with Gasteiger partial charge in [-0.05, 0) is 41.6 Å². The number of aromatic nitrogens is 3. The van der Waals surface area contributed by atoms with Crippen molar-refractivity contribution >= 4 is 40.1 Å². The number of nitrogens with zero attached hydrogens (tertiary/aromatic N) is 3. The van der Waals surface area contributed by atoms with Crippen molar-refractivity contribution in [3.05, 3.63) is 26.8 Å². The van der Waals surface area contributed by atoms with E-state index in [-0.39, 0.29) is 0 Å². The number of piperazine rings is 1. The zero-order valence-corrected chi connectivity index (χ0v) is 13.9. The van der Waals surface area contributed by atoms with Crippen LogP contribution in [0.25, 0.3) is 11.4 Å². The minimum absolute atomic E-state index is 0.457. The highest BCUT2D eigenvalue weighted by Crippen LogP contribution is 2.25. The first-order chi connectivity index (χ1) is 9.63. The van der Waals surface area contributed by atoms with Crippen LogP contribution in [0.3, 0.4) is 0 Å². The van der Waals surface area contributed by atoms with E-state index >= 15 is 0 Å². The molecule has 0 saturated carbocycles. The minimum atomic E-state index is 0.457. The number of rotatable bonds is 2. The SMILES string of the molecule is C[C@H]1CN(c2n[nH]c(-c3ccc(I)c(Cl)c3)n2)CCN1. The number of nitrogens with one attached hydrogen (secondary N) is 2. The first-order valence-electron chi connectivity index (χ1n) is 6.49. The molecule has 106 valence electrons. The van der Waals surface area contributed by atoms with E-state index in [1.807, 2.05) is 18.2 Å². The Bertz CT molecular complexity index is 615. The van der Waals surface area contributed by atoms with Gasteiger partial charge in [0.2, 0.25) is 5.95 Å². The van der Waals surface area contributed by atoms with Crippen LogP contribution in [-0.2, 0) is 0 Å². The molecular weight excluding hydrogens is 389 g/mol. The lowest BCUT2D eigenvalue weighted by molar-refractivity contribution is 0.480. The Balaban J connectivity index is 1.84. The second-order valence-corrected chi connectivity index (χ2v) is 6.48. The zero-order valence-electron chi connectivity index (χ0n) is 11.0. The van der Waals surface area contributed by atoms with Gasteiger partial charge in [-0.2, -0.15) is 4.98 Å². The number of anilines is 1. The normalized spacial score (nSPS) is 19.4. The second-order valence-electron chi connectivity index (χ2n) is 4.91. The maximum atomic E-state index is 6.15. The van der Waals surface area contributed by atoms with Gasteiger partial charge in [-0.25, -0.2) is 0 Å². The van der Waals surface area contributed by atoms with Gasteiger partial charge in [-0.15, -0.1) is 5.10 Å². The van der Waals surface area contributed by atoms with Gasteiger partial charge in [-0.1, -0.05) is 17.7 Å². The van der Waals surface area contributed by atoms with E-state index < -0.39 is 0 Å². The van der Waals surface area contributed by atoms with Gasteiger partial charge < -0.3 is 10.2 Å². The molecule has 1 aromatic carbocycles. The van der Waals surface area contributed by atoms with E-state index in [0.717, 1.165) is 45.6 Å². The van der Waals surface area contributed by atoms with Crippen molar-refractivity contribution in [2.45, 2.75) is 13.0 Å². The standard InChI is InChI=1S/C13H15ClIN5/c1-8-7-20(5-4-16-8)13-17-12(18-19-13)9-2-3-11(15)10(14)6-9/h2-3,6,8,16H,4-5,7H2,1H3,(H,17,18,19)/t8-/m0/s1. The molecule has 0 spiro atoms. The van der Waals surface area contributed by atoms with Crippen LogP contribution in [-0.4, -0.2) is 40.9 Å². The maximum Gasteiger partial charge on any atom is 0.245 e. The Morgan fingerprint density at radius 1 is 1.45 bits per heavy atom. The number of H-pyrrole nitrogens is 1. The summed E-state index contributed by atoms with van der Waals surface area (Å²) in [4.78, 5) is 6.77. The van der Waals surface area contributed by atoms with Gasteiger partial charge in [-0.3, -0.25) is 5.10 Å². The van der Waals surface area contributed by atoms with E-state index in [1.165, 1.54) is 0 Å². The molecule has 20 heavy (non-hydrogen) atoms. The average Bonchev–Trinajstić information content (AvgIpc) is 2.92. The fraction of sp³-hybridized carbons (Fsp3) is 0.385. The summed E-state index contributed by atoms with van der Waals surface area (Å²) < 4.78 is 1.03. The van der Waals surface area contributed by atoms with Gasteiger partial charge in [0.15, 0.2) is 5.82 Å². The summed E-state index contributed by atoms with van der Waals surface area (Å²) in [5, 5.41) is 11.5. The smallest absolute Gasteiger partial charge is 0.245 e. The lowest BCUT2D eigenvalue weighted by Crippen LogP contribution is -2.49. The van der Waals surface area contributed by atoms with Crippen molar-refractivity contribution in [1.29, 1.82) is 0 Å². The average molecular weight is 404 g/mol.